The molecule has 1 aliphatic rings. The molecular weight excluding hydrogens is 174 g/mol. The number of benzene rings is 1. The Labute approximate surface area is 81.9 Å². The molecule has 1 heterocycles. The monoisotopic (exact) mass is 185 g/mol. The Morgan fingerprint density at radius 1 is 1.29 bits per heavy atom. The van der Waals surface area contributed by atoms with Gasteiger partial charge in [0.25, 0.3) is 0 Å². The van der Waals surface area contributed by atoms with Crippen LogP contribution in [0.4, 0.5) is 0 Å². The van der Waals surface area contributed by atoms with Gasteiger partial charge in [-0.05, 0) is 30.4 Å². The number of rotatable bonds is 2. The van der Waals surface area contributed by atoms with Crippen molar-refractivity contribution in [2.45, 2.75) is 18.8 Å². The van der Waals surface area contributed by atoms with E-state index < -0.39 is 0 Å². The minimum atomic E-state index is 0.617. The predicted octanol–water partition coefficient (Wildman–Crippen LogP) is 2.86. The summed E-state index contributed by atoms with van der Waals surface area (Å²) in [6, 6.07) is 8.13. The molecule has 0 atom stereocenters. The summed E-state index contributed by atoms with van der Waals surface area (Å²) in [5.74, 6) is 0.617. The van der Waals surface area contributed by atoms with Gasteiger partial charge in [0.2, 0.25) is 0 Å². The fraction of sp³-hybridized carbons (Fsp3) is 0.250. The first-order valence-electron chi connectivity index (χ1n) is 4.96. The third kappa shape index (κ3) is 1.00. The number of para-hydroxylation sites is 1. The Balaban J connectivity index is 2.35. The molecule has 2 nitrogen and oxygen atoms in total. The molecule has 0 bridgehead atoms. The lowest BCUT2D eigenvalue weighted by atomic mass is 10.1. The van der Waals surface area contributed by atoms with E-state index in [4.69, 9.17) is 0 Å². The highest BCUT2D eigenvalue weighted by Gasteiger charge is 2.29. The maximum atomic E-state index is 10.9. The molecule has 1 fully saturated rings. The van der Waals surface area contributed by atoms with Gasteiger partial charge in [0.1, 0.15) is 0 Å². The molecule has 70 valence electrons. The highest BCUT2D eigenvalue weighted by Crippen LogP contribution is 2.44. The topological polar surface area (TPSA) is 32.9 Å². The second-order valence-electron chi connectivity index (χ2n) is 3.89. The molecule has 0 amide bonds. The number of hydrogen-bond donors (Lipinski definition) is 1. The van der Waals surface area contributed by atoms with E-state index in [0.717, 1.165) is 17.5 Å². The highest BCUT2D eigenvalue weighted by molar-refractivity contribution is 5.93. The maximum Gasteiger partial charge on any atom is 0.166 e. The zero-order chi connectivity index (χ0) is 9.54. The van der Waals surface area contributed by atoms with Gasteiger partial charge in [-0.1, -0.05) is 18.2 Å². The number of aromatic nitrogens is 1. The number of nitrogens with one attached hydrogen (secondary N) is 1. The number of aromatic amines is 1. The first kappa shape index (κ1) is 7.80. The molecule has 0 unspecified atom stereocenters. The Morgan fingerprint density at radius 2 is 2.07 bits per heavy atom. The first-order chi connectivity index (χ1) is 6.90. The number of hydrogen-bond acceptors (Lipinski definition) is 1. The number of carbonyl (C=O) groups excluding carboxylic acids is 1. The number of aldehydes is 1. The lowest BCUT2D eigenvalue weighted by molar-refractivity contribution is 0.111. The Hall–Kier alpha value is -1.57. The van der Waals surface area contributed by atoms with E-state index in [-0.39, 0.29) is 0 Å². The Morgan fingerprint density at radius 3 is 2.79 bits per heavy atom. The lowest BCUT2D eigenvalue weighted by Gasteiger charge is -1.95. The van der Waals surface area contributed by atoms with Crippen molar-refractivity contribution in [2.24, 2.45) is 0 Å². The molecule has 1 saturated carbocycles. The number of H-pyrrole nitrogens is 1. The predicted molar refractivity (Wildman–Crippen MR) is 55.7 cm³/mol. The smallest absolute Gasteiger partial charge is 0.166 e. The first-order valence-corrected chi connectivity index (χ1v) is 4.96. The summed E-state index contributed by atoms with van der Waals surface area (Å²) in [5.41, 5.74) is 3.08. The van der Waals surface area contributed by atoms with Gasteiger partial charge in [0.05, 0.1) is 5.69 Å². The molecule has 0 spiro atoms. The summed E-state index contributed by atoms with van der Waals surface area (Å²) >= 11 is 0. The van der Waals surface area contributed by atoms with E-state index >= 15 is 0 Å². The van der Waals surface area contributed by atoms with Crippen molar-refractivity contribution in [3.63, 3.8) is 0 Å². The molecule has 1 aliphatic carbocycles. The molecule has 0 radical (unpaired) electrons. The summed E-state index contributed by atoms with van der Waals surface area (Å²) in [4.78, 5) is 14.1. The number of carbonyl (C=O) groups is 1. The third-order valence-electron chi connectivity index (χ3n) is 2.88. The van der Waals surface area contributed by atoms with Crippen LogP contribution >= 0.6 is 0 Å². The molecule has 2 aromatic rings. The quantitative estimate of drug-likeness (QED) is 0.717. The van der Waals surface area contributed by atoms with Gasteiger partial charge in [-0.15, -0.1) is 0 Å². The molecule has 0 saturated heterocycles. The molecule has 1 aromatic heterocycles. The standard InChI is InChI=1S/C12H11NO/c14-7-11-12(8-5-6-8)9-3-1-2-4-10(9)13-11/h1-4,7-8,13H,5-6H2. The zero-order valence-corrected chi connectivity index (χ0v) is 7.79. The molecular formula is C12H11NO. The van der Waals surface area contributed by atoms with Gasteiger partial charge in [-0.3, -0.25) is 4.79 Å². The van der Waals surface area contributed by atoms with Gasteiger partial charge >= 0.3 is 0 Å². The number of fused-ring (bicyclic) bond motifs is 1. The van der Waals surface area contributed by atoms with Crippen molar-refractivity contribution in [1.82, 2.24) is 4.98 Å². The average Bonchev–Trinajstić information content (AvgIpc) is 2.98. The summed E-state index contributed by atoms with van der Waals surface area (Å²) in [7, 11) is 0. The molecule has 2 heteroatoms. The fourth-order valence-electron chi connectivity index (χ4n) is 2.09. The Kier molecular flexibility index (Phi) is 1.51. The van der Waals surface area contributed by atoms with E-state index in [0.29, 0.717) is 5.92 Å². The molecule has 1 N–H and O–H groups in total. The largest absolute Gasteiger partial charge is 0.352 e. The fourth-order valence-corrected chi connectivity index (χ4v) is 2.09. The molecule has 14 heavy (non-hydrogen) atoms. The van der Waals surface area contributed by atoms with Crippen molar-refractivity contribution < 1.29 is 4.79 Å². The van der Waals surface area contributed by atoms with Crippen LogP contribution in [0.1, 0.15) is 34.8 Å². The summed E-state index contributed by atoms with van der Waals surface area (Å²) < 4.78 is 0. The molecule has 0 aliphatic heterocycles. The van der Waals surface area contributed by atoms with Crippen molar-refractivity contribution in [2.75, 3.05) is 0 Å². The van der Waals surface area contributed by atoms with Crippen LogP contribution in [-0.2, 0) is 0 Å². The van der Waals surface area contributed by atoms with Crippen molar-refractivity contribution in [1.29, 1.82) is 0 Å². The second kappa shape index (κ2) is 2.71. The SMILES string of the molecule is O=Cc1[nH]c2ccccc2c1C1CC1. The van der Waals surface area contributed by atoms with Crippen LogP contribution in [0.15, 0.2) is 24.3 Å². The van der Waals surface area contributed by atoms with E-state index in [1.165, 1.54) is 23.8 Å². The summed E-state index contributed by atoms with van der Waals surface area (Å²) in [5, 5.41) is 1.22. The average molecular weight is 185 g/mol. The van der Waals surface area contributed by atoms with Gasteiger partial charge in [-0.25, -0.2) is 0 Å². The van der Waals surface area contributed by atoms with Crippen LogP contribution in [0.2, 0.25) is 0 Å². The highest BCUT2D eigenvalue weighted by atomic mass is 16.1. The van der Waals surface area contributed by atoms with Crippen molar-refractivity contribution in [3.8, 4) is 0 Å². The van der Waals surface area contributed by atoms with E-state index in [1.54, 1.807) is 0 Å². The normalized spacial score (nSPS) is 16.0. The summed E-state index contributed by atoms with van der Waals surface area (Å²) in [6.45, 7) is 0. The van der Waals surface area contributed by atoms with Gasteiger partial charge in [0, 0.05) is 10.9 Å². The van der Waals surface area contributed by atoms with Crippen LogP contribution in [0.3, 0.4) is 0 Å². The van der Waals surface area contributed by atoms with Crippen LogP contribution < -0.4 is 0 Å². The molecule has 3 rings (SSSR count). The van der Waals surface area contributed by atoms with Crippen molar-refractivity contribution >= 4 is 17.2 Å². The van der Waals surface area contributed by atoms with E-state index in [9.17, 15) is 4.79 Å². The van der Waals surface area contributed by atoms with Crippen LogP contribution in [0, 0.1) is 0 Å². The van der Waals surface area contributed by atoms with Crippen LogP contribution in [0.25, 0.3) is 10.9 Å². The van der Waals surface area contributed by atoms with E-state index in [2.05, 4.69) is 11.1 Å². The van der Waals surface area contributed by atoms with Crippen molar-refractivity contribution in [3.05, 3.63) is 35.5 Å². The van der Waals surface area contributed by atoms with Gasteiger partial charge in [-0.2, -0.15) is 0 Å². The third-order valence-corrected chi connectivity index (χ3v) is 2.88. The molecule has 1 aromatic carbocycles. The minimum Gasteiger partial charge on any atom is -0.352 e. The zero-order valence-electron chi connectivity index (χ0n) is 7.79. The van der Waals surface area contributed by atoms with E-state index in [1.807, 2.05) is 18.2 Å². The second-order valence-corrected chi connectivity index (χ2v) is 3.89. The van der Waals surface area contributed by atoms with Crippen LogP contribution in [0.5, 0.6) is 0 Å². The minimum absolute atomic E-state index is 0.617. The summed E-state index contributed by atoms with van der Waals surface area (Å²) in [6.07, 6.45) is 3.39. The maximum absolute atomic E-state index is 10.9. The van der Waals surface area contributed by atoms with Crippen LogP contribution in [-0.4, -0.2) is 11.3 Å². The Bertz CT molecular complexity index is 494. The van der Waals surface area contributed by atoms with Gasteiger partial charge < -0.3 is 4.98 Å². The lowest BCUT2D eigenvalue weighted by Crippen LogP contribution is -1.85. The van der Waals surface area contributed by atoms with Gasteiger partial charge in [0.15, 0.2) is 6.29 Å².